The molecule has 0 bridgehead atoms. The summed E-state index contributed by atoms with van der Waals surface area (Å²) < 4.78 is 0. The molecule has 1 aliphatic carbocycles. The van der Waals surface area contributed by atoms with Crippen LogP contribution in [0.4, 0.5) is 0 Å². The largest absolute Gasteiger partial charge is 0.341 e. The first kappa shape index (κ1) is 9.97. The number of likely N-dealkylation sites (N-methyl/N-ethyl adjacent to an activating group) is 1. The summed E-state index contributed by atoms with van der Waals surface area (Å²) >= 11 is 0. The summed E-state index contributed by atoms with van der Waals surface area (Å²) in [7, 11) is 1.83. The van der Waals surface area contributed by atoms with E-state index in [1.54, 1.807) is 0 Å². The summed E-state index contributed by atoms with van der Waals surface area (Å²) in [6, 6.07) is 0. The first-order valence-corrected chi connectivity index (χ1v) is 5.63. The van der Waals surface area contributed by atoms with E-state index >= 15 is 0 Å². The Morgan fingerprint density at radius 1 is 1.36 bits per heavy atom. The van der Waals surface area contributed by atoms with Crippen LogP contribution >= 0.6 is 0 Å². The lowest BCUT2D eigenvalue weighted by molar-refractivity contribution is -0.129. The maximum Gasteiger partial charge on any atom is 0.236 e. The van der Waals surface area contributed by atoms with Gasteiger partial charge >= 0.3 is 0 Å². The molecule has 1 saturated heterocycles. The molecule has 0 radical (unpaired) electrons. The lowest BCUT2D eigenvalue weighted by atomic mass is 10.0. The minimum Gasteiger partial charge on any atom is -0.341 e. The Balaban J connectivity index is 1.88. The zero-order chi connectivity index (χ0) is 10.1. The lowest BCUT2D eigenvalue weighted by Gasteiger charge is -2.17. The van der Waals surface area contributed by atoms with Crippen molar-refractivity contribution in [1.82, 2.24) is 10.2 Å². The molecule has 3 nitrogen and oxygen atoms in total. The van der Waals surface area contributed by atoms with E-state index in [0.29, 0.717) is 6.54 Å². The predicted octanol–water partition coefficient (Wildman–Crippen LogP) is 0.710. The fourth-order valence-corrected chi connectivity index (χ4v) is 3.07. The van der Waals surface area contributed by atoms with Crippen LogP contribution in [-0.4, -0.2) is 37.5 Å². The molecule has 1 saturated carbocycles. The van der Waals surface area contributed by atoms with Crippen LogP contribution < -0.4 is 5.32 Å². The Morgan fingerprint density at radius 2 is 1.93 bits per heavy atom. The number of hydrogen-bond acceptors (Lipinski definition) is 2. The van der Waals surface area contributed by atoms with Crippen LogP contribution in [-0.2, 0) is 4.79 Å². The van der Waals surface area contributed by atoms with Crippen molar-refractivity contribution in [3.63, 3.8) is 0 Å². The number of amides is 1. The Morgan fingerprint density at radius 3 is 2.43 bits per heavy atom. The molecule has 1 aliphatic heterocycles. The van der Waals surface area contributed by atoms with Crippen molar-refractivity contribution in [2.45, 2.75) is 19.8 Å². The van der Waals surface area contributed by atoms with Gasteiger partial charge in [0.05, 0.1) is 6.54 Å². The number of fused-ring (bicyclic) bond motifs is 1. The molecule has 1 heterocycles. The smallest absolute Gasteiger partial charge is 0.236 e. The molecular weight excluding hydrogens is 176 g/mol. The third-order valence-electron chi connectivity index (χ3n) is 3.67. The quantitative estimate of drug-likeness (QED) is 0.705. The highest BCUT2D eigenvalue weighted by Gasteiger charge is 2.40. The molecule has 2 fully saturated rings. The van der Waals surface area contributed by atoms with Crippen LogP contribution in [0.3, 0.4) is 0 Å². The van der Waals surface area contributed by atoms with Crippen LogP contribution in [0.5, 0.6) is 0 Å². The zero-order valence-corrected chi connectivity index (χ0v) is 9.12. The van der Waals surface area contributed by atoms with Gasteiger partial charge in [0.1, 0.15) is 0 Å². The Kier molecular flexibility index (Phi) is 2.77. The molecule has 1 N–H and O–H groups in total. The molecule has 3 heteroatoms. The van der Waals surface area contributed by atoms with E-state index < -0.39 is 0 Å². The monoisotopic (exact) mass is 196 g/mol. The molecule has 1 amide bonds. The van der Waals surface area contributed by atoms with E-state index in [-0.39, 0.29) is 5.91 Å². The molecule has 2 atom stereocenters. The van der Waals surface area contributed by atoms with Gasteiger partial charge in [0.15, 0.2) is 0 Å². The average Bonchev–Trinajstić information content (AvgIpc) is 2.61. The van der Waals surface area contributed by atoms with Crippen molar-refractivity contribution in [3.8, 4) is 0 Å². The van der Waals surface area contributed by atoms with Crippen molar-refractivity contribution in [2.75, 3.05) is 26.7 Å². The molecule has 2 rings (SSSR count). The zero-order valence-electron chi connectivity index (χ0n) is 9.12. The highest BCUT2D eigenvalue weighted by Crippen LogP contribution is 2.40. The fourth-order valence-electron chi connectivity index (χ4n) is 3.07. The van der Waals surface area contributed by atoms with E-state index in [1.165, 1.54) is 12.8 Å². The third-order valence-corrected chi connectivity index (χ3v) is 3.67. The van der Waals surface area contributed by atoms with Gasteiger partial charge < -0.3 is 10.2 Å². The molecule has 2 unspecified atom stereocenters. The van der Waals surface area contributed by atoms with Gasteiger partial charge in [-0.2, -0.15) is 0 Å². The molecule has 14 heavy (non-hydrogen) atoms. The van der Waals surface area contributed by atoms with Crippen LogP contribution in [0, 0.1) is 17.8 Å². The first-order valence-electron chi connectivity index (χ1n) is 5.63. The Bertz CT molecular complexity index is 215. The van der Waals surface area contributed by atoms with E-state index in [2.05, 4.69) is 12.2 Å². The van der Waals surface area contributed by atoms with Gasteiger partial charge in [-0.05, 0) is 37.6 Å². The number of nitrogens with one attached hydrogen (secondary N) is 1. The average molecular weight is 196 g/mol. The predicted molar refractivity (Wildman–Crippen MR) is 55.9 cm³/mol. The van der Waals surface area contributed by atoms with Crippen molar-refractivity contribution < 1.29 is 4.79 Å². The van der Waals surface area contributed by atoms with Gasteiger partial charge in [-0.1, -0.05) is 6.92 Å². The molecule has 0 aromatic carbocycles. The maximum atomic E-state index is 11.6. The second-order valence-electron chi connectivity index (χ2n) is 4.93. The van der Waals surface area contributed by atoms with E-state index in [9.17, 15) is 4.79 Å². The van der Waals surface area contributed by atoms with E-state index in [1.807, 2.05) is 11.9 Å². The van der Waals surface area contributed by atoms with Crippen molar-refractivity contribution in [3.05, 3.63) is 0 Å². The summed E-state index contributed by atoms with van der Waals surface area (Å²) in [5.74, 6) is 2.75. The number of hydrogen-bond donors (Lipinski definition) is 1. The summed E-state index contributed by atoms with van der Waals surface area (Å²) in [5.41, 5.74) is 0. The van der Waals surface area contributed by atoms with Gasteiger partial charge in [0.25, 0.3) is 0 Å². The third kappa shape index (κ3) is 1.78. The topological polar surface area (TPSA) is 32.3 Å². The van der Waals surface area contributed by atoms with Gasteiger partial charge in [0.2, 0.25) is 5.91 Å². The summed E-state index contributed by atoms with van der Waals surface area (Å²) in [5, 5.41) is 2.93. The van der Waals surface area contributed by atoms with Crippen LogP contribution in [0.25, 0.3) is 0 Å². The number of carbonyl (C=O) groups excluding carboxylic acids is 1. The number of carbonyl (C=O) groups is 1. The molecule has 0 spiro atoms. The summed E-state index contributed by atoms with van der Waals surface area (Å²) in [6.45, 7) is 4.85. The number of likely N-dealkylation sites (tertiary alicyclic amines) is 1. The first-order chi connectivity index (χ1) is 6.70. The molecule has 80 valence electrons. The molecule has 2 aliphatic rings. The Labute approximate surface area is 85.8 Å². The minimum absolute atomic E-state index is 0.273. The second-order valence-corrected chi connectivity index (χ2v) is 4.93. The number of nitrogens with zero attached hydrogens (tertiary/aromatic N) is 1. The lowest BCUT2D eigenvalue weighted by Crippen LogP contribution is -2.36. The SMILES string of the molecule is CNCC(=O)N1CC2CC(C)CC2C1. The maximum absolute atomic E-state index is 11.6. The van der Waals surface area contributed by atoms with Crippen molar-refractivity contribution in [1.29, 1.82) is 0 Å². The van der Waals surface area contributed by atoms with Gasteiger partial charge in [-0.15, -0.1) is 0 Å². The van der Waals surface area contributed by atoms with Crippen LogP contribution in [0.2, 0.25) is 0 Å². The molecular formula is C11H20N2O. The molecule has 0 aromatic heterocycles. The van der Waals surface area contributed by atoms with Crippen molar-refractivity contribution >= 4 is 5.91 Å². The summed E-state index contributed by atoms with van der Waals surface area (Å²) in [4.78, 5) is 13.7. The second kappa shape index (κ2) is 3.89. The molecule has 0 aromatic rings. The highest BCUT2D eigenvalue weighted by molar-refractivity contribution is 5.78. The standard InChI is InChI=1S/C11H20N2O/c1-8-3-9-6-13(7-10(9)4-8)11(14)5-12-2/h8-10,12H,3-7H2,1-2H3. The van der Waals surface area contributed by atoms with Crippen LogP contribution in [0.1, 0.15) is 19.8 Å². The van der Waals surface area contributed by atoms with Crippen molar-refractivity contribution in [2.24, 2.45) is 17.8 Å². The Hall–Kier alpha value is -0.570. The highest BCUT2D eigenvalue weighted by atomic mass is 16.2. The van der Waals surface area contributed by atoms with Gasteiger partial charge in [-0.3, -0.25) is 4.79 Å². The van der Waals surface area contributed by atoms with E-state index in [4.69, 9.17) is 0 Å². The number of rotatable bonds is 2. The van der Waals surface area contributed by atoms with Gasteiger partial charge in [-0.25, -0.2) is 0 Å². The minimum atomic E-state index is 0.273. The van der Waals surface area contributed by atoms with Gasteiger partial charge in [0, 0.05) is 13.1 Å². The van der Waals surface area contributed by atoms with Crippen LogP contribution in [0.15, 0.2) is 0 Å². The van der Waals surface area contributed by atoms with E-state index in [0.717, 1.165) is 30.8 Å². The normalized spacial score (nSPS) is 36.1. The fraction of sp³-hybridized carbons (Fsp3) is 0.909. The summed E-state index contributed by atoms with van der Waals surface area (Å²) in [6.07, 6.45) is 2.65.